The standard InChI is InChI=1S/C21H23N3O5S2/c1-6-11-24-16-12-17(28-4)18(29-5)13-19(16)30-21(24)22-20(25)14-7-9-15(10-8-14)31(26,27)23(2)3/h6-10,12-13H,1,11H2,2-5H3. The predicted octanol–water partition coefficient (Wildman–Crippen LogP) is 2.90. The highest BCUT2D eigenvalue weighted by atomic mass is 32.2. The molecule has 0 aliphatic carbocycles. The van der Waals surface area contributed by atoms with Crippen LogP contribution in [0.25, 0.3) is 10.2 Å². The maximum absolute atomic E-state index is 12.8. The molecule has 0 saturated carbocycles. The molecule has 1 heterocycles. The van der Waals surface area contributed by atoms with Crippen LogP contribution in [0.15, 0.2) is 58.9 Å². The first kappa shape index (κ1) is 22.7. The number of hydrogen-bond donors (Lipinski definition) is 0. The van der Waals surface area contributed by atoms with Crippen LogP contribution in [-0.4, -0.2) is 51.5 Å². The number of fused-ring (bicyclic) bond motifs is 1. The summed E-state index contributed by atoms with van der Waals surface area (Å²) in [7, 11) is 2.45. The third-order valence-corrected chi connectivity index (χ3v) is 7.45. The number of benzene rings is 2. The molecule has 1 amide bonds. The topological polar surface area (TPSA) is 90.2 Å². The minimum absolute atomic E-state index is 0.108. The summed E-state index contributed by atoms with van der Waals surface area (Å²) in [6.45, 7) is 4.23. The Balaban J connectivity index is 2.08. The van der Waals surface area contributed by atoms with Crippen LogP contribution in [0, 0.1) is 0 Å². The van der Waals surface area contributed by atoms with Gasteiger partial charge in [0.1, 0.15) is 0 Å². The van der Waals surface area contributed by atoms with Crippen molar-refractivity contribution in [2.75, 3.05) is 28.3 Å². The van der Waals surface area contributed by atoms with E-state index in [0.29, 0.717) is 22.8 Å². The molecule has 0 bridgehead atoms. The van der Waals surface area contributed by atoms with Crippen LogP contribution < -0.4 is 14.3 Å². The molecule has 2 aromatic carbocycles. The molecule has 0 aliphatic rings. The largest absolute Gasteiger partial charge is 0.493 e. The van der Waals surface area contributed by atoms with Crippen LogP contribution in [0.4, 0.5) is 0 Å². The highest BCUT2D eigenvalue weighted by Crippen LogP contribution is 2.33. The first-order valence-electron chi connectivity index (χ1n) is 9.20. The zero-order valence-corrected chi connectivity index (χ0v) is 19.3. The number of aromatic nitrogens is 1. The molecule has 0 radical (unpaired) electrons. The van der Waals surface area contributed by atoms with Crippen LogP contribution in [0.1, 0.15) is 10.4 Å². The number of sulfonamides is 1. The van der Waals surface area contributed by atoms with Gasteiger partial charge < -0.3 is 14.0 Å². The number of nitrogens with zero attached hydrogens (tertiary/aromatic N) is 3. The van der Waals surface area contributed by atoms with Crippen molar-refractivity contribution in [2.45, 2.75) is 11.4 Å². The summed E-state index contributed by atoms with van der Waals surface area (Å²) in [5.41, 5.74) is 1.12. The normalized spacial score (nSPS) is 12.4. The number of carbonyl (C=O) groups excluding carboxylic acids is 1. The Bertz CT molecular complexity index is 1300. The summed E-state index contributed by atoms with van der Waals surface area (Å²) in [5, 5.41) is 0. The third kappa shape index (κ3) is 4.41. The lowest BCUT2D eigenvalue weighted by molar-refractivity contribution is 0.0998. The number of rotatable bonds is 7. The van der Waals surface area contributed by atoms with Gasteiger partial charge in [0.15, 0.2) is 16.3 Å². The Morgan fingerprint density at radius 3 is 2.32 bits per heavy atom. The quantitative estimate of drug-likeness (QED) is 0.505. The zero-order valence-electron chi connectivity index (χ0n) is 17.7. The Labute approximate surface area is 184 Å². The predicted molar refractivity (Wildman–Crippen MR) is 120 cm³/mol. The number of carbonyl (C=O) groups is 1. The number of ether oxygens (including phenoxy) is 2. The van der Waals surface area contributed by atoms with Crippen LogP contribution in [0.5, 0.6) is 11.5 Å². The Hall–Kier alpha value is -2.95. The van der Waals surface area contributed by atoms with Crippen molar-refractivity contribution < 1.29 is 22.7 Å². The van der Waals surface area contributed by atoms with Gasteiger partial charge in [0.05, 0.1) is 29.3 Å². The molecule has 3 rings (SSSR count). The Kier molecular flexibility index (Phi) is 6.63. The van der Waals surface area contributed by atoms with Crippen molar-refractivity contribution in [3.63, 3.8) is 0 Å². The molecular weight excluding hydrogens is 438 g/mol. The maximum Gasteiger partial charge on any atom is 0.279 e. The van der Waals surface area contributed by atoms with Gasteiger partial charge in [0, 0.05) is 38.3 Å². The van der Waals surface area contributed by atoms with E-state index in [9.17, 15) is 13.2 Å². The van der Waals surface area contributed by atoms with E-state index in [0.717, 1.165) is 14.5 Å². The van der Waals surface area contributed by atoms with Gasteiger partial charge in [-0.2, -0.15) is 4.99 Å². The fraction of sp³-hybridized carbons (Fsp3) is 0.238. The van der Waals surface area contributed by atoms with Gasteiger partial charge in [-0.15, -0.1) is 6.58 Å². The highest BCUT2D eigenvalue weighted by Gasteiger charge is 2.18. The number of methoxy groups -OCH3 is 2. The van der Waals surface area contributed by atoms with Gasteiger partial charge in [0.25, 0.3) is 5.91 Å². The van der Waals surface area contributed by atoms with Crippen molar-refractivity contribution in [1.82, 2.24) is 8.87 Å². The van der Waals surface area contributed by atoms with E-state index in [1.54, 1.807) is 20.3 Å². The molecule has 164 valence electrons. The van der Waals surface area contributed by atoms with Crippen LogP contribution in [0.3, 0.4) is 0 Å². The summed E-state index contributed by atoms with van der Waals surface area (Å²) in [5.74, 6) is 0.677. The van der Waals surface area contributed by atoms with Crippen molar-refractivity contribution in [1.29, 1.82) is 0 Å². The highest BCUT2D eigenvalue weighted by molar-refractivity contribution is 7.89. The number of amides is 1. The first-order chi connectivity index (χ1) is 14.7. The van der Waals surface area contributed by atoms with E-state index in [1.165, 1.54) is 49.7 Å². The second-order valence-electron chi connectivity index (χ2n) is 6.69. The minimum atomic E-state index is -3.57. The summed E-state index contributed by atoms with van der Waals surface area (Å²) >= 11 is 1.34. The second kappa shape index (κ2) is 9.04. The molecule has 10 heteroatoms. The van der Waals surface area contributed by atoms with Gasteiger partial charge in [0.2, 0.25) is 10.0 Å². The molecule has 0 aliphatic heterocycles. The van der Waals surface area contributed by atoms with E-state index in [-0.39, 0.29) is 10.5 Å². The molecule has 0 atom stereocenters. The fourth-order valence-electron chi connectivity index (χ4n) is 2.92. The third-order valence-electron chi connectivity index (χ3n) is 4.58. The van der Waals surface area contributed by atoms with E-state index < -0.39 is 15.9 Å². The van der Waals surface area contributed by atoms with Crippen LogP contribution in [-0.2, 0) is 16.6 Å². The lowest BCUT2D eigenvalue weighted by Gasteiger charge is -2.11. The zero-order chi connectivity index (χ0) is 22.8. The molecule has 0 unspecified atom stereocenters. The van der Waals surface area contributed by atoms with E-state index in [1.807, 2.05) is 16.7 Å². The SMILES string of the molecule is C=CCn1c(=NC(=O)c2ccc(S(=O)(=O)N(C)C)cc2)sc2cc(OC)c(OC)cc21. The lowest BCUT2D eigenvalue weighted by Crippen LogP contribution is -2.22. The van der Waals surface area contributed by atoms with Gasteiger partial charge >= 0.3 is 0 Å². The van der Waals surface area contributed by atoms with E-state index >= 15 is 0 Å². The lowest BCUT2D eigenvalue weighted by atomic mass is 10.2. The van der Waals surface area contributed by atoms with Gasteiger partial charge in [-0.3, -0.25) is 4.79 Å². The molecule has 31 heavy (non-hydrogen) atoms. The monoisotopic (exact) mass is 461 g/mol. The molecule has 3 aromatic rings. The average Bonchev–Trinajstić information content (AvgIpc) is 3.08. The number of thiazole rings is 1. The molecule has 8 nitrogen and oxygen atoms in total. The smallest absolute Gasteiger partial charge is 0.279 e. The van der Waals surface area contributed by atoms with Crippen LogP contribution in [0.2, 0.25) is 0 Å². The van der Waals surface area contributed by atoms with Crippen molar-refractivity contribution >= 4 is 37.5 Å². The van der Waals surface area contributed by atoms with Gasteiger partial charge in [-0.05, 0) is 24.3 Å². The summed E-state index contributed by atoms with van der Waals surface area (Å²) in [6, 6.07) is 9.38. The second-order valence-corrected chi connectivity index (χ2v) is 9.85. The number of hydrogen-bond acceptors (Lipinski definition) is 6. The maximum atomic E-state index is 12.8. The van der Waals surface area contributed by atoms with Gasteiger partial charge in [-0.1, -0.05) is 17.4 Å². The molecule has 0 fully saturated rings. The first-order valence-corrected chi connectivity index (χ1v) is 11.5. The van der Waals surface area contributed by atoms with Crippen LogP contribution >= 0.6 is 11.3 Å². The van der Waals surface area contributed by atoms with Crippen molar-refractivity contribution in [2.24, 2.45) is 4.99 Å². The average molecular weight is 462 g/mol. The Morgan fingerprint density at radius 2 is 1.77 bits per heavy atom. The van der Waals surface area contributed by atoms with E-state index in [4.69, 9.17) is 9.47 Å². The molecule has 0 N–H and O–H groups in total. The summed E-state index contributed by atoms with van der Waals surface area (Å²) in [4.78, 5) is 17.7. The van der Waals surface area contributed by atoms with E-state index in [2.05, 4.69) is 11.6 Å². The molecule has 1 aromatic heterocycles. The molecule has 0 saturated heterocycles. The number of allylic oxidation sites excluding steroid dienone is 1. The summed E-state index contributed by atoms with van der Waals surface area (Å²) < 4.78 is 39.0. The van der Waals surface area contributed by atoms with Gasteiger partial charge in [-0.25, -0.2) is 12.7 Å². The molecule has 0 spiro atoms. The molecular formula is C21H23N3O5S2. The fourth-order valence-corrected chi connectivity index (χ4v) is 4.87. The van der Waals surface area contributed by atoms with Crippen molar-refractivity contribution in [3.8, 4) is 11.5 Å². The summed E-state index contributed by atoms with van der Waals surface area (Å²) in [6.07, 6.45) is 1.72. The Morgan fingerprint density at radius 1 is 1.16 bits per heavy atom. The van der Waals surface area contributed by atoms with Crippen molar-refractivity contribution in [3.05, 3.63) is 59.4 Å². The minimum Gasteiger partial charge on any atom is -0.493 e.